The van der Waals surface area contributed by atoms with E-state index in [9.17, 15) is 35.2 Å². The number of aliphatic hydroxyl groups excluding tert-OH is 1. The lowest BCUT2D eigenvalue weighted by Gasteiger charge is -2.30. The number of nitrogen functional groups attached to an aromatic ring is 1. The zero-order chi connectivity index (χ0) is 21.3. The number of sulfonamides is 1. The maximum atomic E-state index is 13.2. The average molecular weight is 432 g/mol. The third-order valence-corrected chi connectivity index (χ3v) is 5.90. The van der Waals surface area contributed by atoms with Crippen LogP contribution in [0.2, 0.25) is 0 Å². The Hall–Kier alpha value is -2.06. The largest absolute Gasteiger partial charge is 0.416 e. The van der Waals surface area contributed by atoms with Gasteiger partial charge in [0.25, 0.3) is 11.8 Å². The second-order valence-corrected chi connectivity index (χ2v) is 8.07. The van der Waals surface area contributed by atoms with Crippen LogP contribution in [-0.4, -0.2) is 66.6 Å². The van der Waals surface area contributed by atoms with Crippen molar-refractivity contribution in [2.75, 3.05) is 25.4 Å². The van der Waals surface area contributed by atoms with Gasteiger partial charge in [-0.25, -0.2) is 22.2 Å². The van der Waals surface area contributed by atoms with Crippen molar-refractivity contribution in [1.82, 2.24) is 14.6 Å². The SMILES string of the molecule is Nc1cc(S(=O)(=O)N2CCC(F)(F)CC2)cnc1C(=O)NCC(O)C(F)(F)F. The van der Waals surface area contributed by atoms with Gasteiger partial charge < -0.3 is 16.2 Å². The molecular weight excluding hydrogens is 415 g/mol. The van der Waals surface area contributed by atoms with Crippen molar-refractivity contribution in [3.63, 3.8) is 0 Å². The number of rotatable bonds is 5. The number of pyridine rings is 1. The Balaban J connectivity index is 2.12. The first-order valence-electron chi connectivity index (χ1n) is 7.90. The Morgan fingerprint density at radius 3 is 2.43 bits per heavy atom. The van der Waals surface area contributed by atoms with Crippen molar-refractivity contribution in [3.05, 3.63) is 18.0 Å². The smallest absolute Gasteiger partial charge is 0.397 e. The lowest BCUT2D eigenvalue weighted by atomic mass is 10.1. The summed E-state index contributed by atoms with van der Waals surface area (Å²) < 4.78 is 88.9. The van der Waals surface area contributed by atoms with Crippen molar-refractivity contribution in [3.8, 4) is 0 Å². The van der Waals surface area contributed by atoms with Gasteiger partial charge in [0.15, 0.2) is 11.8 Å². The number of amides is 1. The molecule has 158 valence electrons. The molecule has 4 N–H and O–H groups in total. The number of nitrogens with two attached hydrogens (primary N) is 1. The summed E-state index contributed by atoms with van der Waals surface area (Å²) in [6, 6.07) is 0.865. The molecule has 0 aromatic carbocycles. The van der Waals surface area contributed by atoms with Crippen LogP contribution >= 0.6 is 0 Å². The number of nitrogens with one attached hydrogen (secondary N) is 1. The highest BCUT2D eigenvalue weighted by atomic mass is 32.2. The minimum Gasteiger partial charge on any atom is -0.397 e. The van der Waals surface area contributed by atoms with Crippen LogP contribution in [-0.2, 0) is 10.0 Å². The highest BCUT2D eigenvalue weighted by molar-refractivity contribution is 7.89. The number of halogens is 5. The van der Waals surface area contributed by atoms with Crippen molar-refractivity contribution in [2.24, 2.45) is 0 Å². The topological polar surface area (TPSA) is 126 Å². The van der Waals surface area contributed by atoms with Gasteiger partial charge in [-0.1, -0.05) is 0 Å². The number of nitrogens with zero attached hydrogens (tertiary/aromatic N) is 2. The number of carbonyl (C=O) groups excluding carboxylic acids is 1. The van der Waals surface area contributed by atoms with E-state index in [1.165, 1.54) is 0 Å². The van der Waals surface area contributed by atoms with Gasteiger partial charge >= 0.3 is 6.18 Å². The van der Waals surface area contributed by atoms with Crippen LogP contribution in [0, 0.1) is 0 Å². The van der Waals surface area contributed by atoms with E-state index in [-0.39, 0.29) is 0 Å². The Bertz CT molecular complexity index is 837. The molecule has 2 rings (SSSR count). The molecule has 14 heteroatoms. The van der Waals surface area contributed by atoms with Crippen molar-refractivity contribution >= 4 is 21.6 Å². The molecule has 1 aliphatic rings. The quantitative estimate of drug-likeness (QED) is 0.590. The molecule has 8 nitrogen and oxygen atoms in total. The van der Waals surface area contributed by atoms with E-state index in [1.54, 1.807) is 5.32 Å². The predicted octanol–water partition coefficient (Wildman–Crippen LogP) is 0.737. The van der Waals surface area contributed by atoms with E-state index in [2.05, 4.69) is 4.98 Å². The third-order valence-electron chi connectivity index (χ3n) is 4.03. The fraction of sp³-hybridized carbons (Fsp3) is 0.571. The molecule has 1 amide bonds. The number of hydrogen-bond donors (Lipinski definition) is 3. The number of aliphatic hydroxyl groups is 1. The second-order valence-electron chi connectivity index (χ2n) is 6.14. The third kappa shape index (κ3) is 5.05. The molecule has 1 fully saturated rings. The van der Waals surface area contributed by atoms with Crippen LogP contribution in [0.15, 0.2) is 17.2 Å². The molecule has 1 saturated heterocycles. The van der Waals surface area contributed by atoms with E-state index in [4.69, 9.17) is 10.8 Å². The van der Waals surface area contributed by atoms with Gasteiger partial charge in [0.05, 0.1) is 12.2 Å². The molecule has 0 aliphatic carbocycles. The fourth-order valence-electron chi connectivity index (χ4n) is 2.38. The van der Waals surface area contributed by atoms with Gasteiger partial charge in [-0.2, -0.15) is 17.5 Å². The molecule has 0 spiro atoms. The van der Waals surface area contributed by atoms with E-state index < -0.39 is 82.9 Å². The summed E-state index contributed by atoms with van der Waals surface area (Å²) in [7, 11) is -4.19. The van der Waals surface area contributed by atoms with E-state index >= 15 is 0 Å². The van der Waals surface area contributed by atoms with E-state index in [0.717, 1.165) is 16.6 Å². The summed E-state index contributed by atoms with van der Waals surface area (Å²) in [5, 5.41) is 10.6. The van der Waals surface area contributed by atoms with Crippen LogP contribution in [0.4, 0.5) is 27.6 Å². The van der Waals surface area contributed by atoms with Gasteiger partial charge in [-0.05, 0) is 6.07 Å². The van der Waals surface area contributed by atoms with Crippen LogP contribution in [0.1, 0.15) is 23.3 Å². The highest BCUT2D eigenvalue weighted by Crippen LogP contribution is 2.31. The monoisotopic (exact) mass is 432 g/mol. The minimum atomic E-state index is -4.94. The molecule has 0 saturated carbocycles. The summed E-state index contributed by atoms with van der Waals surface area (Å²) >= 11 is 0. The lowest BCUT2D eigenvalue weighted by molar-refractivity contribution is -0.201. The molecule has 0 bridgehead atoms. The number of carbonyl (C=O) groups is 1. The van der Waals surface area contributed by atoms with Crippen LogP contribution in [0.3, 0.4) is 0 Å². The first kappa shape index (κ1) is 22.2. The second kappa shape index (κ2) is 7.75. The van der Waals surface area contributed by atoms with Crippen LogP contribution in [0.5, 0.6) is 0 Å². The first-order chi connectivity index (χ1) is 12.7. The normalized spacial score (nSPS) is 19.2. The Morgan fingerprint density at radius 2 is 1.93 bits per heavy atom. The number of hydrogen-bond acceptors (Lipinski definition) is 6. The molecular formula is C14H17F5N4O4S. The Kier molecular flexibility index (Phi) is 6.16. The molecule has 1 aromatic rings. The summed E-state index contributed by atoms with van der Waals surface area (Å²) in [4.78, 5) is 15.0. The first-order valence-corrected chi connectivity index (χ1v) is 9.34. The summed E-state index contributed by atoms with van der Waals surface area (Å²) in [5.41, 5.74) is 4.59. The van der Waals surface area contributed by atoms with Gasteiger partial charge in [0.1, 0.15) is 4.90 Å². The number of piperidine rings is 1. The Morgan fingerprint density at radius 1 is 1.36 bits per heavy atom. The van der Waals surface area contributed by atoms with Gasteiger partial charge in [0.2, 0.25) is 10.0 Å². The maximum Gasteiger partial charge on any atom is 0.416 e. The summed E-state index contributed by atoms with van der Waals surface area (Å²) in [6.07, 6.45) is -8.26. The molecule has 28 heavy (non-hydrogen) atoms. The number of alkyl halides is 5. The maximum absolute atomic E-state index is 13.2. The summed E-state index contributed by atoms with van der Waals surface area (Å²) in [6.45, 7) is -1.97. The van der Waals surface area contributed by atoms with Gasteiger partial charge in [-0.15, -0.1) is 0 Å². The van der Waals surface area contributed by atoms with Crippen molar-refractivity contribution < 1.29 is 40.3 Å². The van der Waals surface area contributed by atoms with Gasteiger partial charge in [0, 0.05) is 32.1 Å². The number of anilines is 1. The zero-order valence-corrected chi connectivity index (χ0v) is 15.0. The standard InChI is InChI=1S/C14H17F5N4O4S/c15-13(16)1-3-23(4-2-13)28(26,27)8-5-9(20)11(21-6-8)12(25)22-7-10(24)14(17,18)19/h5-6,10,24H,1-4,7,20H2,(H,22,25). The Labute approximate surface area is 156 Å². The molecule has 1 aromatic heterocycles. The minimum absolute atomic E-state index is 0.410. The van der Waals surface area contributed by atoms with E-state index in [0.29, 0.717) is 0 Å². The molecule has 1 atom stereocenters. The fourth-order valence-corrected chi connectivity index (χ4v) is 3.81. The molecule has 0 radical (unpaired) electrons. The summed E-state index contributed by atoms with van der Waals surface area (Å²) in [5.74, 6) is -4.10. The molecule has 1 unspecified atom stereocenters. The molecule has 2 heterocycles. The van der Waals surface area contributed by atoms with Crippen LogP contribution in [0.25, 0.3) is 0 Å². The van der Waals surface area contributed by atoms with E-state index in [1.807, 2.05) is 0 Å². The highest BCUT2D eigenvalue weighted by Gasteiger charge is 2.39. The average Bonchev–Trinajstić information content (AvgIpc) is 2.58. The van der Waals surface area contributed by atoms with Crippen LogP contribution < -0.4 is 11.1 Å². The van der Waals surface area contributed by atoms with Crippen molar-refractivity contribution in [2.45, 2.75) is 35.9 Å². The van der Waals surface area contributed by atoms with Crippen molar-refractivity contribution in [1.29, 1.82) is 0 Å². The zero-order valence-electron chi connectivity index (χ0n) is 14.2. The lowest BCUT2D eigenvalue weighted by Crippen LogP contribution is -2.42. The predicted molar refractivity (Wildman–Crippen MR) is 86.0 cm³/mol. The molecule has 1 aliphatic heterocycles. The number of aromatic nitrogens is 1. The van der Waals surface area contributed by atoms with Gasteiger partial charge in [-0.3, -0.25) is 4.79 Å².